The number of carbonyl (C=O) groups is 1. The molecule has 3 aliphatic rings. The lowest BCUT2D eigenvalue weighted by Gasteiger charge is -2.28. The van der Waals surface area contributed by atoms with E-state index in [1.54, 1.807) is 11.3 Å². The number of amides is 1. The van der Waals surface area contributed by atoms with Crippen molar-refractivity contribution in [1.29, 1.82) is 10.8 Å². The Balaban J connectivity index is 1.23. The van der Waals surface area contributed by atoms with Gasteiger partial charge in [-0.3, -0.25) is 15.6 Å². The zero-order valence-corrected chi connectivity index (χ0v) is 21.5. The third kappa shape index (κ3) is 5.05. The van der Waals surface area contributed by atoms with Crippen LogP contribution in [0.1, 0.15) is 40.3 Å². The monoisotopic (exact) mass is 528 g/mol. The average Bonchev–Trinajstić information content (AvgIpc) is 3.71. The fourth-order valence-corrected chi connectivity index (χ4v) is 6.00. The second-order valence-corrected chi connectivity index (χ2v) is 10.5. The number of ether oxygens (including phenoxy) is 2. The first-order valence-corrected chi connectivity index (χ1v) is 13.5. The van der Waals surface area contributed by atoms with Crippen LogP contribution in [0, 0.1) is 10.8 Å². The molecule has 0 spiro atoms. The topological polar surface area (TPSA) is 123 Å². The van der Waals surface area contributed by atoms with Crippen molar-refractivity contribution in [2.75, 3.05) is 36.5 Å². The number of hydrogen-bond acceptors (Lipinski definition) is 8. The molecule has 1 unspecified atom stereocenters. The van der Waals surface area contributed by atoms with Crippen molar-refractivity contribution in [3.05, 3.63) is 82.2 Å². The van der Waals surface area contributed by atoms with Crippen molar-refractivity contribution in [2.24, 2.45) is 4.99 Å². The minimum Gasteiger partial charge on any atom is -0.407 e. The number of benzodiazepines with no additional fused rings is 1. The molecule has 1 aliphatic carbocycles. The maximum Gasteiger partial charge on any atom is 0.290 e. The van der Waals surface area contributed by atoms with Crippen molar-refractivity contribution in [3.8, 4) is 0 Å². The Morgan fingerprint density at radius 1 is 1.08 bits per heavy atom. The SMILES string of the molecule is N=C(NC1N=C(c2ccccc2)c2ccccc2NC1=O)OC(=N)c1cc(C2CC2)sc1N1CCOCC1. The number of aliphatic imine (C=N–C) groups is 1. The highest BCUT2D eigenvalue weighted by Crippen LogP contribution is 2.47. The highest BCUT2D eigenvalue weighted by atomic mass is 32.1. The lowest BCUT2D eigenvalue weighted by Crippen LogP contribution is -2.43. The van der Waals surface area contributed by atoms with Gasteiger partial charge in [-0.15, -0.1) is 11.3 Å². The average molecular weight is 529 g/mol. The molecule has 2 fully saturated rings. The summed E-state index contributed by atoms with van der Waals surface area (Å²) in [5.41, 5.74) is 3.57. The minimum atomic E-state index is -1.11. The molecule has 9 nitrogen and oxygen atoms in total. The van der Waals surface area contributed by atoms with Crippen LogP contribution in [0.2, 0.25) is 0 Å². The molecule has 3 aromatic rings. The molecule has 0 bridgehead atoms. The Morgan fingerprint density at radius 2 is 1.82 bits per heavy atom. The third-order valence-corrected chi connectivity index (χ3v) is 8.08. The number of rotatable bonds is 5. The molecule has 194 valence electrons. The van der Waals surface area contributed by atoms with Crippen LogP contribution in [0.25, 0.3) is 0 Å². The van der Waals surface area contributed by atoms with E-state index in [2.05, 4.69) is 15.5 Å². The van der Waals surface area contributed by atoms with E-state index in [0.29, 0.717) is 36.1 Å². The zero-order valence-electron chi connectivity index (χ0n) is 20.7. The molecule has 3 heterocycles. The summed E-state index contributed by atoms with van der Waals surface area (Å²) in [7, 11) is 0. The first-order valence-electron chi connectivity index (χ1n) is 12.7. The predicted octanol–water partition coefficient (Wildman–Crippen LogP) is 4.14. The van der Waals surface area contributed by atoms with Crippen LogP contribution < -0.4 is 15.5 Å². The summed E-state index contributed by atoms with van der Waals surface area (Å²) in [5.74, 6) is 0.00141. The quantitative estimate of drug-likeness (QED) is 0.293. The van der Waals surface area contributed by atoms with E-state index in [1.807, 2.05) is 60.7 Å². The van der Waals surface area contributed by atoms with Gasteiger partial charge < -0.3 is 25.0 Å². The van der Waals surface area contributed by atoms with Gasteiger partial charge in [0.1, 0.15) is 5.00 Å². The lowest BCUT2D eigenvalue weighted by molar-refractivity contribution is -0.117. The molecular formula is C28H28N6O3S. The summed E-state index contributed by atoms with van der Waals surface area (Å²) >= 11 is 1.69. The number of thiophene rings is 1. The van der Waals surface area contributed by atoms with Crippen LogP contribution >= 0.6 is 11.3 Å². The highest BCUT2D eigenvalue weighted by molar-refractivity contribution is 7.16. The number of nitrogens with one attached hydrogen (secondary N) is 4. The minimum absolute atomic E-state index is 0.128. The molecule has 10 heteroatoms. The summed E-state index contributed by atoms with van der Waals surface area (Å²) in [5, 5.41) is 23.8. The standard InChI is InChI=1S/C28H28N6O3S/c29-24(20-16-22(17-10-11-17)38-27(20)34-12-14-36-15-13-34)37-28(30)33-25-26(35)31-21-9-5-4-8-19(21)23(32-25)18-6-2-1-3-7-18/h1-9,16-17,25,29H,10-15H2,(H2,30,33)(H,31,35). The van der Waals surface area contributed by atoms with E-state index < -0.39 is 18.1 Å². The van der Waals surface area contributed by atoms with Gasteiger partial charge in [0, 0.05) is 29.1 Å². The molecule has 2 aromatic carbocycles. The molecule has 2 aliphatic heterocycles. The lowest BCUT2D eigenvalue weighted by atomic mass is 10.0. The van der Waals surface area contributed by atoms with Crippen molar-refractivity contribution in [3.63, 3.8) is 0 Å². The summed E-state index contributed by atoms with van der Waals surface area (Å²) in [4.78, 5) is 21.2. The molecule has 1 saturated heterocycles. The van der Waals surface area contributed by atoms with Gasteiger partial charge in [-0.1, -0.05) is 48.5 Å². The van der Waals surface area contributed by atoms with Crippen molar-refractivity contribution >= 4 is 45.6 Å². The maximum atomic E-state index is 13.1. The molecular weight excluding hydrogens is 500 g/mol. The van der Waals surface area contributed by atoms with Gasteiger partial charge in [-0.05, 0) is 30.9 Å². The van der Waals surface area contributed by atoms with Gasteiger partial charge in [0.2, 0.25) is 12.1 Å². The van der Waals surface area contributed by atoms with Crippen molar-refractivity contribution in [2.45, 2.75) is 24.9 Å². The summed E-state index contributed by atoms with van der Waals surface area (Å²) in [6.45, 7) is 2.78. The fourth-order valence-electron chi connectivity index (χ4n) is 4.62. The van der Waals surface area contributed by atoms with Gasteiger partial charge in [0.05, 0.1) is 30.2 Å². The van der Waals surface area contributed by atoms with E-state index in [4.69, 9.17) is 25.3 Å². The Kier molecular flexibility index (Phi) is 6.65. The molecule has 0 radical (unpaired) electrons. The molecule has 1 atom stereocenters. The first-order chi connectivity index (χ1) is 18.6. The van der Waals surface area contributed by atoms with Gasteiger partial charge in [-0.2, -0.15) is 0 Å². The van der Waals surface area contributed by atoms with E-state index in [9.17, 15) is 4.79 Å². The van der Waals surface area contributed by atoms with Crippen LogP contribution in [0.4, 0.5) is 10.7 Å². The van der Waals surface area contributed by atoms with E-state index in [-0.39, 0.29) is 5.90 Å². The van der Waals surface area contributed by atoms with Gasteiger partial charge >= 0.3 is 0 Å². The summed E-state index contributed by atoms with van der Waals surface area (Å²) in [6, 6.07) is 18.7. The Morgan fingerprint density at radius 3 is 2.58 bits per heavy atom. The van der Waals surface area contributed by atoms with Gasteiger partial charge in [-0.25, -0.2) is 4.99 Å². The third-order valence-electron chi connectivity index (χ3n) is 6.72. The van der Waals surface area contributed by atoms with E-state index in [1.165, 1.54) is 4.88 Å². The van der Waals surface area contributed by atoms with Crippen LogP contribution in [-0.4, -0.2) is 56.0 Å². The number of morpholine rings is 1. The number of carbonyl (C=O) groups excluding carboxylic acids is 1. The Labute approximate surface area is 224 Å². The molecule has 1 amide bonds. The second kappa shape index (κ2) is 10.4. The highest BCUT2D eigenvalue weighted by Gasteiger charge is 2.31. The van der Waals surface area contributed by atoms with Crippen molar-refractivity contribution < 1.29 is 14.3 Å². The Hall–Kier alpha value is -4.02. The number of amidine groups is 1. The van der Waals surface area contributed by atoms with Crippen molar-refractivity contribution in [1.82, 2.24) is 5.32 Å². The number of nitrogens with zero attached hydrogens (tertiary/aromatic N) is 2. The van der Waals surface area contributed by atoms with Crippen LogP contribution in [0.5, 0.6) is 0 Å². The smallest absolute Gasteiger partial charge is 0.290 e. The number of benzene rings is 2. The van der Waals surface area contributed by atoms with Gasteiger partial charge in [0.25, 0.3) is 11.9 Å². The summed E-state index contributed by atoms with van der Waals surface area (Å²) < 4.78 is 11.2. The van der Waals surface area contributed by atoms with Crippen LogP contribution in [0.3, 0.4) is 0 Å². The number of hydrogen-bond donors (Lipinski definition) is 4. The van der Waals surface area contributed by atoms with E-state index >= 15 is 0 Å². The van der Waals surface area contributed by atoms with Crippen LogP contribution in [0.15, 0.2) is 65.7 Å². The van der Waals surface area contributed by atoms with Crippen LogP contribution in [-0.2, 0) is 14.3 Å². The number of anilines is 2. The van der Waals surface area contributed by atoms with Gasteiger partial charge in [0.15, 0.2) is 0 Å². The predicted molar refractivity (Wildman–Crippen MR) is 149 cm³/mol. The fraction of sp³-hybridized carbons (Fsp3) is 0.286. The number of fused-ring (bicyclic) bond motifs is 1. The molecule has 1 saturated carbocycles. The number of para-hydroxylation sites is 1. The molecule has 6 rings (SSSR count). The van der Waals surface area contributed by atoms with E-state index in [0.717, 1.165) is 42.1 Å². The largest absolute Gasteiger partial charge is 0.407 e. The second-order valence-electron chi connectivity index (χ2n) is 9.43. The Bertz CT molecular complexity index is 1410. The molecule has 1 aromatic heterocycles. The molecule has 4 N–H and O–H groups in total. The summed E-state index contributed by atoms with van der Waals surface area (Å²) in [6.07, 6.45) is 1.21. The zero-order chi connectivity index (χ0) is 26.1. The normalized spacial score (nSPS) is 19.1. The first kappa shape index (κ1) is 24.3. The molecule has 38 heavy (non-hydrogen) atoms. The maximum absolute atomic E-state index is 13.1.